The predicted molar refractivity (Wildman–Crippen MR) is 90.1 cm³/mol. The van der Waals surface area contributed by atoms with Crippen LogP contribution in [-0.2, 0) is 11.3 Å². The standard InChI is InChI=1S/C16H20N4O4/c1-3-7-17-13(21)9-18-14(22)10-5-6-12-11(8-10)19-15(23)16(24)20(12)4-2/h5-6,8H,3-4,7,9H2,1-2H3,(H,17,21)(H,18,22)(H,19,23). The minimum absolute atomic E-state index is 0.123. The zero-order chi connectivity index (χ0) is 17.7. The number of aromatic nitrogens is 2. The fourth-order valence-electron chi connectivity index (χ4n) is 2.32. The van der Waals surface area contributed by atoms with Crippen LogP contribution in [0.3, 0.4) is 0 Å². The van der Waals surface area contributed by atoms with Gasteiger partial charge in [0, 0.05) is 18.7 Å². The number of nitrogens with zero attached hydrogens (tertiary/aromatic N) is 1. The topological polar surface area (TPSA) is 113 Å². The van der Waals surface area contributed by atoms with E-state index >= 15 is 0 Å². The summed E-state index contributed by atoms with van der Waals surface area (Å²) in [6.45, 7) is 4.48. The van der Waals surface area contributed by atoms with E-state index in [0.717, 1.165) is 6.42 Å². The van der Waals surface area contributed by atoms with E-state index in [1.807, 2.05) is 6.92 Å². The lowest BCUT2D eigenvalue weighted by Gasteiger charge is -2.09. The quantitative estimate of drug-likeness (QED) is 0.644. The van der Waals surface area contributed by atoms with Crippen LogP contribution >= 0.6 is 0 Å². The summed E-state index contributed by atoms with van der Waals surface area (Å²) < 4.78 is 1.34. The molecule has 0 fully saturated rings. The maximum atomic E-state index is 12.1. The van der Waals surface area contributed by atoms with Crippen LogP contribution < -0.4 is 21.8 Å². The van der Waals surface area contributed by atoms with Crippen molar-refractivity contribution in [2.24, 2.45) is 0 Å². The molecule has 0 aliphatic rings. The number of aromatic amines is 1. The highest BCUT2D eigenvalue weighted by Crippen LogP contribution is 2.11. The molecule has 0 spiro atoms. The molecule has 0 aliphatic carbocycles. The molecular formula is C16H20N4O4. The third-order valence-electron chi connectivity index (χ3n) is 3.54. The van der Waals surface area contributed by atoms with Crippen molar-refractivity contribution in [1.29, 1.82) is 0 Å². The number of carbonyl (C=O) groups excluding carboxylic acids is 2. The highest BCUT2D eigenvalue weighted by Gasteiger charge is 2.11. The molecule has 0 saturated heterocycles. The Bertz CT molecular complexity index is 882. The van der Waals surface area contributed by atoms with Crippen LogP contribution in [0.1, 0.15) is 30.6 Å². The van der Waals surface area contributed by atoms with Gasteiger partial charge in [-0.15, -0.1) is 0 Å². The van der Waals surface area contributed by atoms with Gasteiger partial charge in [0.2, 0.25) is 5.91 Å². The maximum absolute atomic E-state index is 12.1. The minimum atomic E-state index is -0.735. The van der Waals surface area contributed by atoms with Crippen molar-refractivity contribution < 1.29 is 9.59 Å². The molecule has 2 amide bonds. The SMILES string of the molecule is CCCNC(=O)CNC(=O)c1ccc2c(c1)[nH]c(=O)c(=O)n2CC. The van der Waals surface area contributed by atoms with E-state index in [0.29, 0.717) is 29.7 Å². The lowest BCUT2D eigenvalue weighted by molar-refractivity contribution is -0.120. The van der Waals surface area contributed by atoms with Crippen LogP contribution in [0.15, 0.2) is 27.8 Å². The Hall–Kier alpha value is -2.90. The van der Waals surface area contributed by atoms with E-state index in [9.17, 15) is 19.2 Å². The van der Waals surface area contributed by atoms with Crippen LogP contribution in [0.25, 0.3) is 11.0 Å². The molecule has 1 aromatic heterocycles. The smallest absolute Gasteiger partial charge is 0.316 e. The Morgan fingerprint density at radius 2 is 1.92 bits per heavy atom. The normalized spacial score (nSPS) is 10.6. The number of fused-ring (bicyclic) bond motifs is 1. The zero-order valence-electron chi connectivity index (χ0n) is 13.6. The summed E-state index contributed by atoms with van der Waals surface area (Å²) in [4.78, 5) is 49.6. The fraction of sp³-hybridized carbons (Fsp3) is 0.375. The van der Waals surface area contributed by atoms with Crippen molar-refractivity contribution in [1.82, 2.24) is 20.2 Å². The number of nitrogens with one attached hydrogen (secondary N) is 3. The van der Waals surface area contributed by atoms with Crippen LogP contribution in [0.4, 0.5) is 0 Å². The second-order valence-electron chi connectivity index (χ2n) is 5.27. The highest BCUT2D eigenvalue weighted by molar-refractivity contribution is 5.98. The lowest BCUT2D eigenvalue weighted by atomic mass is 10.1. The van der Waals surface area contributed by atoms with E-state index < -0.39 is 17.0 Å². The van der Waals surface area contributed by atoms with Crippen molar-refractivity contribution in [3.8, 4) is 0 Å². The van der Waals surface area contributed by atoms with E-state index in [-0.39, 0.29) is 12.5 Å². The summed E-state index contributed by atoms with van der Waals surface area (Å²) >= 11 is 0. The van der Waals surface area contributed by atoms with Crippen LogP contribution in [0.2, 0.25) is 0 Å². The zero-order valence-corrected chi connectivity index (χ0v) is 13.6. The first-order chi connectivity index (χ1) is 11.5. The first kappa shape index (κ1) is 17.5. The summed E-state index contributed by atoms with van der Waals surface area (Å²) in [7, 11) is 0. The monoisotopic (exact) mass is 332 g/mol. The molecule has 0 atom stereocenters. The molecule has 0 bridgehead atoms. The third-order valence-corrected chi connectivity index (χ3v) is 3.54. The molecule has 24 heavy (non-hydrogen) atoms. The summed E-state index contributed by atoms with van der Waals surface area (Å²) in [5.74, 6) is -0.696. The molecule has 0 radical (unpaired) electrons. The number of hydrogen-bond donors (Lipinski definition) is 3. The van der Waals surface area contributed by atoms with Crippen LogP contribution in [0, 0.1) is 0 Å². The number of H-pyrrole nitrogens is 1. The van der Waals surface area contributed by atoms with Gasteiger partial charge in [-0.25, -0.2) is 0 Å². The first-order valence-corrected chi connectivity index (χ1v) is 7.79. The average Bonchev–Trinajstić information content (AvgIpc) is 2.58. The minimum Gasteiger partial charge on any atom is -0.355 e. The average molecular weight is 332 g/mol. The number of benzene rings is 1. The van der Waals surface area contributed by atoms with Gasteiger partial charge in [0.15, 0.2) is 0 Å². The van der Waals surface area contributed by atoms with Crippen molar-refractivity contribution in [2.45, 2.75) is 26.8 Å². The molecule has 128 valence electrons. The van der Waals surface area contributed by atoms with Gasteiger partial charge >= 0.3 is 11.1 Å². The molecular weight excluding hydrogens is 312 g/mol. The molecule has 2 rings (SSSR count). The Labute approximate surface area is 137 Å². The van der Waals surface area contributed by atoms with Crippen molar-refractivity contribution >= 4 is 22.8 Å². The second kappa shape index (κ2) is 7.58. The molecule has 0 aliphatic heterocycles. The molecule has 2 aromatic rings. The molecule has 8 heteroatoms. The molecule has 1 aromatic carbocycles. The largest absolute Gasteiger partial charge is 0.355 e. The third kappa shape index (κ3) is 3.70. The van der Waals surface area contributed by atoms with E-state index in [1.54, 1.807) is 19.1 Å². The van der Waals surface area contributed by atoms with Gasteiger partial charge in [-0.2, -0.15) is 0 Å². The summed E-state index contributed by atoms with van der Waals surface area (Å²) in [5.41, 5.74) is -0.137. The van der Waals surface area contributed by atoms with Crippen molar-refractivity contribution in [2.75, 3.05) is 13.1 Å². The molecule has 1 heterocycles. The molecule has 8 nitrogen and oxygen atoms in total. The lowest BCUT2D eigenvalue weighted by Crippen LogP contribution is -2.37. The summed E-state index contributed by atoms with van der Waals surface area (Å²) in [6.07, 6.45) is 0.816. The Morgan fingerprint density at radius 3 is 2.58 bits per heavy atom. The van der Waals surface area contributed by atoms with Gasteiger partial charge < -0.3 is 20.2 Å². The van der Waals surface area contributed by atoms with Gasteiger partial charge in [0.1, 0.15) is 0 Å². The van der Waals surface area contributed by atoms with Crippen LogP contribution in [-0.4, -0.2) is 34.5 Å². The highest BCUT2D eigenvalue weighted by atomic mass is 16.2. The fourth-order valence-corrected chi connectivity index (χ4v) is 2.32. The number of aryl methyl sites for hydroxylation is 1. The summed E-state index contributed by atoms with van der Waals surface area (Å²) in [6, 6.07) is 4.63. The first-order valence-electron chi connectivity index (χ1n) is 7.79. The van der Waals surface area contributed by atoms with E-state index in [1.165, 1.54) is 10.6 Å². The number of rotatable bonds is 6. The van der Waals surface area contributed by atoms with Crippen molar-refractivity contribution in [3.63, 3.8) is 0 Å². The Morgan fingerprint density at radius 1 is 1.17 bits per heavy atom. The number of hydrogen-bond acceptors (Lipinski definition) is 4. The predicted octanol–water partition coefficient (Wildman–Crippen LogP) is -0.0343. The second-order valence-corrected chi connectivity index (χ2v) is 5.27. The Balaban J connectivity index is 2.23. The van der Waals surface area contributed by atoms with E-state index in [2.05, 4.69) is 15.6 Å². The van der Waals surface area contributed by atoms with Gasteiger partial charge in [0.05, 0.1) is 17.6 Å². The van der Waals surface area contributed by atoms with Crippen molar-refractivity contribution in [3.05, 3.63) is 44.5 Å². The summed E-state index contributed by atoms with van der Waals surface area (Å²) in [5, 5.41) is 5.17. The van der Waals surface area contributed by atoms with Gasteiger partial charge in [0.25, 0.3) is 5.91 Å². The molecule has 0 unspecified atom stereocenters. The van der Waals surface area contributed by atoms with Gasteiger partial charge in [-0.3, -0.25) is 19.2 Å². The van der Waals surface area contributed by atoms with Gasteiger partial charge in [-0.1, -0.05) is 6.92 Å². The van der Waals surface area contributed by atoms with E-state index in [4.69, 9.17) is 0 Å². The Kier molecular flexibility index (Phi) is 5.51. The number of amides is 2. The van der Waals surface area contributed by atoms with Gasteiger partial charge in [-0.05, 0) is 31.5 Å². The molecule has 0 saturated carbocycles. The molecule has 3 N–H and O–H groups in total. The van der Waals surface area contributed by atoms with Crippen LogP contribution in [0.5, 0.6) is 0 Å². The number of carbonyl (C=O) groups is 2. The maximum Gasteiger partial charge on any atom is 0.316 e.